The van der Waals surface area contributed by atoms with E-state index in [-0.39, 0.29) is 16.2 Å². The van der Waals surface area contributed by atoms with Gasteiger partial charge in [0, 0.05) is 11.3 Å². The van der Waals surface area contributed by atoms with E-state index in [9.17, 15) is 8.42 Å². The number of nitrogens with zero attached hydrogens (tertiary/aromatic N) is 2. The van der Waals surface area contributed by atoms with Crippen molar-refractivity contribution in [1.29, 1.82) is 0 Å². The summed E-state index contributed by atoms with van der Waals surface area (Å²) >= 11 is 1.82. The van der Waals surface area contributed by atoms with E-state index in [2.05, 4.69) is 16.7 Å². The van der Waals surface area contributed by atoms with Crippen molar-refractivity contribution in [3.63, 3.8) is 0 Å². The van der Waals surface area contributed by atoms with Gasteiger partial charge in [-0.2, -0.15) is 16.9 Å². The van der Waals surface area contributed by atoms with Crippen molar-refractivity contribution in [2.75, 3.05) is 18.9 Å². The van der Waals surface area contributed by atoms with Gasteiger partial charge in [-0.05, 0) is 39.4 Å². The summed E-state index contributed by atoms with van der Waals surface area (Å²) in [6, 6.07) is 0. The van der Waals surface area contributed by atoms with Crippen LogP contribution in [0.1, 0.15) is 31.2 Å². The van der Waals surface area contributed by atoms with Gasteiger partial charge in [0.15, 0.2) is 0 Å². The third kappa shape index (κ3) is 3.61. The number of rotatable bonds is 6. The molecule has 0 spiro atoms. The SMILES string of the molecule is Cc1nn(CCO)c(C)c1S(=O)(=O)NCC1(C)CCCS1. The second-order valence-corrected chi connectivity index (χ2v) is 9.06. The monoisotopic (exact) mass is 333 g/mol. The molecule has 0 amide bonds. The molecule has 0 aromatic carbocycles. The topological polar surface area (TPSA) is 84.2 Å². The van der Waals surface area contributed by atoms with E-state index in [1.54, 1.807) is 13.8 Å². The van der Waals surface area contributed by atoms with Crippen LogP contribution in [-0.2, 0) is 16.6 Å². The van der Waals surface area contributed by atoms with Gasteiger partial charge in [-0.25, -0.2) is 13.1 Å². The first kappa shape index (κ1) is 16.8. The largest absolute Gasteiger partial charge is 0.394 e. The van der Waals surface area contributed by atoms with Crippen LogP contribution >= 0.6 is 11.8 Å². The van der Waals surface area contributed by atoms with Gasteiger partial charge in [-0.3, -0.25) is 4.68 Å². The maximum atomic E-state index is 12.6. The van der Waals surface area contributed by atoms with Gasteiger partial charge in [0.05, 0.1) is 24.5 Å². The molecule has 1 aliphatic heterocycles. The normalized spacial score (nSPS) is 22.9. The third-order valence-electron chi connectivity index (χ3n) is 3.83. The van der Waals surface area contributed by atoms with Crippen LogP contribution in [-0.4, -0.2) is 47.0 Å². The number of hydrogen-bond acceptors (Lipinski definition) is 5. The highest BCUT2D eigenvalue weighted by Crippen LogP contribution is 2.37. The number of aromatic nitrogens is 2. The van der Waals surface area contributed by atoms with Crippen molar-refractivity contribution in [3.8, 4) is 0 Å². The Bertz CT molecular complexity index is 604. The molecule has 0 saturated carbocycles. The zero-order valence-corrected chi connectivity index (χ0v) is 14.4. The average molecular weight is 333 g/mol. The molecule has 0 radical (unpaired) electrons. The highest BCUT2D eigenvalue weighted by atomic mass is 32.2. The second-order valence-electron chi connectivity index (χ2n) is 5.67. The van der Waals surface area contributed by atoms with E-state index in [1.807, 2.05) is 11.8 Å². The molecule has 120 valence electrons. The molecule has 2 heterocycles. The van der Waals surface area contributed by atoms with Crippen molar-refractivity contribution < 1.29 is 13.5 Å². The molecule has 1 aromatic rings. The molecule has 1 fully saturated rings. The Kier molecular flexibility index (Phi) is 5.02. The molecule has 21 heavy (non-hydrogen) atoms. The van der Waals surface area contributed by atoms with E-state index < -0.39 is 10.0 Å². The number of nitrogens with one attached hydrogen (secondary N) is 1. The maximum absolute atomic E-state index is 12.6. The van der Waals surface area contributed by atoms with Crippen LogP contribution in [0.4, 0.5) is 0 Å². The lowest BCUT2D eigenvalue weighted by Gasteiger charge is -2.22. The number of thioether (sulfide) groups is 1. The molecule has 8 heteroatoms. The van der Waals surface area contributed by atoms with E-state index in [4.69, 9.17) is 5.11 Å². The average Bonchev–Trinajstić information content (AvgIpc) is 2.94. The third-order valence-corrected chi connectivity index (χ3v) is 7.02. The van der Waals surface area contributed by atoms with Crippen LogP contribution in [0.3, 0.4) is 0 Å². The van der Waals surface area contributed by atoms with Gasteiger partial charge in [0.25, 0.3) is 0 Å². The van der Waals surface area contributed by atoms with E-state index in [1.165, 1.54) is 4.68 Å². The molecule has 0 bridgehead atoms. The number of aliphatic hydroxyl groups excluding tert-OH is 1. The van der Waals surface area contributed by atoms with Crippen molar-refractivity contribution >= 4 is 21.8 Å². The van der Waals surface area contributed by atoms with Crippen LogP contribution in [0.2, 0.25) is 0 Å². The first-order valence-electron chi connectivity index (χ1n) is 7.07. The van der Waals surface area contributed by atoms with Gasteiger partial charge in [0.1, 0.15) is 4.90 Å². The van der Waals surface area contributed by atoms with E-state index in [0.717, 1.165) is 18.6 Å². The Morgan fingerprint density at radius 3 is 2.76 bits per heavy atom. The summed E-state index contributed by atoms with van der Waals surface area (Å²) < 4.78 is 29.4. The molecular formula is C13H23N3O3S2. The smallest absolute Gasteiger partial charge is 0.244 e. The van der Waals surface area contributed by atoms with Gasteiger partial charge in [0.2, 0.25) is 10.0 Å². The first-order valence-corrected chi connectivity index (χ1v) is 9.54. The van der Waals surface area contributed by atoms with Crippen molar-refractivity contribution in [2.24, 2.45) is 0 Å². The molecule has 1 aliphatic rings. The van der Waals surface area contributed by atoms with Gasteiger partial charge in [-0.1, -0.05) is 0 Å². The number of aryl methyl sites for hydroxylation is 1. The molecule has 1 atom stereocenters. The minimum atomic E-state index is -3.57. The minimum Gasteiger partial charge on any atom is -0.394 e. The summed E-state index contributed by atoms with van der Waals surface area (Å²) in [5, 5.41) is 13.2. The van der Waals surface area contributed by atoms with Gasteiger partial charge >= 0.3 is 0 Å². The van der Waals surface area contributed by atoms with E-state index in [0.29, 0.717) is 24.5 Å². The fraction of sp³-hybridized carbons (Fsp3) is 0.769. The molecule has 2 N–H and O–H groups in total. The fourth-order valence-electron chi connectivity index (χ4n) is 2.68. The highest BCUT2D eigenvalue weighted by molar-refractivity contribution is 8.01. The lowest BCUT2D eigenvalue weighted by molar-refractivity contribution is 0.267. The maximum Gasteiger partial charge on any atom is 0.244 e. The molecule has 1 unspecified atom stereocenters. The van der Waals surface area contributed by atoms with E-state index >= 15 is 0 Å². The predicted molar refractivity (Wildman–Crippen MR) is 84.1 cm³/mol. The van der Waals surface area contributed by atoms with Crippen LogP contribution in [0.15, 0.2) is 4.90 Å². The predicted octanol–water partition coefficient (Wildman–Crippen LogP) is 1.06. The molecule has 6 nitrogen and oxygen atoms in total. The Labute approximate surface area is 130 Å². The second kappa shape index (κ2) is 6.28. The van der Waals surface area contributed by atoms with Crippen molar-refractivity contribution in [2.45, 2.75) is 49.8 Å². The molecular weight excluding hydrogens is 310 g/mol. The van der Waals surface area contributed by atoms with Crippen LogP contribution < -0.4 is 4.72 Å². The summed E-state index contributed by atoms with van der Waals surface area (Å²) in [6.45, 7) is 6.17. The first-order chi connectivity index (χ1) is 9.79. The van der Waals surface area contributed by atoms with Crippen molar-refractivity contribution in [3.05, 3.63) is 11.4 Å². The molecule has 1 saturated heterocycles. The number of sulfonamides is 1. The zero-order valence-electron chi connectivity index (χ0n) is 12.7. The lowest BCUT2D eigenvalue weighted by Crippen LogP contribution is -2.37. The summed E-state index contributed by atoms with van der Waals surface area (Å²) in [6.07, 6.45) is 2.16. The quantitative estimate of drug-likeness (QED) is 0.813. The van der Waals surface area contributed by atoms with Crippen LogP contribution in [0.5, 0.6) is 0 Å². The molecule has 0 aliphatic carbocycles. The molecule has 1 aromatic heterocycles. The molecule has 2 rings (SSSR count). The Morgan fingerprint density at radius 1 is 1.48 bits per heavy atom. The van der Waals surface area contributed by atoms with Gasteiger partial charge in [-0.15, -0.1) is 0 Å². The Morgan fingerprint density at radius 2 is 2.19 bits per heavy atom. The Balaban J connectivity index is 2.19. The van der Waals surface area contributed by atoms with Crippen LogP contribution in [0, 0.1) is 13.8 Å². The summed E-state index contributed by atoms with van der Waals surface area (Å²) in [5.41, 5.74) is 1.04. The zero-order chi connectivity index (χ0) is 15.7. The van der Waals surface area contributed by atoms with Crippen molar-refractivity contribution in [1.82, 2.24) is 14.5 Å². The summed E-state index contributed by atoms with van der Waals surface area (Å²) in [7, 11) is -3.57. The van der Waals surface area contributed by atoms with Crippen LogP contribution in [0.25, 0.3) is 0 Å². The number of hydrogen-bond donors (Lipinski definition) is 2. The fourth-order valence-corrected chi connectivity index (χ4v) is 5.59. The summed E-state index contributed by atoms with van der Waals surface area (Å²) in [5.74, 6) is 1.09. The summed E-state index contributed by atoms with van der Waals surface area (Å²) in [4.78, 5) is 0.238. The Hall–Kier alpha value is -0.570. The number of aliphatic hydroxyl groups is 1. The lowest BCUT2D eigenvalue weighted by atomic mass is 10.1. The highest BCUT2D eigenvalue weighted by Gasteiger charge is 2.32. The standard InChI is InChI=1S/C13H23N3O3S2/c1-10-12(11(2)16(15-10)6-7-17)21(18,19)14-9-13(3)5-4-8-20-13/h14,17H,4-9H2,1-3H3. The van der Waals surface area contributed by atoms with Gasteiger partial charge < -0.3 is 5.11 Å². The minimum absolute atomic E-state index is 0.0179.